The molecule has 1 aromatic rings. The zero-order chi connectivity index (χ0) is 15.0. The molecule has 1 N–H and O–H groups in total. The Labute approximate surface area is 124 Å². The van der Waals surface area contributed by atoms with E-state index in [0.717, 1.165) is 11.8 Å². The van der Waals surface area contributed by atoms with E-state index in [4.69, 9.17) is 0 Å². The average molecular weight is 309 g/mol. The number of rotatable bonds is 2. The molecule has 3 rings (SSSR count). The number of nitrogens with one attached hydrogen (secondary N) is 1. The van der Waals surface area contributed by atoms with E-state index in [2.05, 4.69) is 5.32 Å². The summed E-state index contributed by atoms with van der Waals surface area (Å²) >= 11 is 0.988. The van der Waals surface area contributed by atoms with E-state index >= 15 is 0 Å². The number of urea groups is 1. The standard InChI is InChI=1S/C13H12FN3O3S/c14-8-1-3-9(4-2-8)15-12(19)16-5-10(6-16)17-11(18)7-21-13(17)20/h1-4,10H,5-7H2,(H,15,19). The molecule has 110 valence electrons. The molecule has 0 unspecified atom stereocenters. The summed E-state index contributed by atoms with van der Waals surface area (Å²) in [6.07, 6.45) is 0. The van der Waals surface area contributed by atoms with Gasteiger partial charge in [-0.2, -0.15) is 0 Å². The Hall–Kier alpha value is -2.09. The van der Waals surface area contributed by atoms with E-state index in [1.165, 1.54) is 34.1 Å². The second-order valence-electron chi connectivity index (χ2n) is 4.81. The van der Waals surface area contributed by atoms with E-state index in [9.17, 15) is 18.8 Å². The second kappa shape index (κ2) is 5.36. The van der Waals surface area contributed by atoms with Crippen LogP contribution in [0.15, 0.2) is 24.3 Å². The number of nitrogens with zero attached hydrogens (tertiary/aromatic N) is 2. The molecule has 0 radical (unpaired) electrons. The first-order chi connectivity index (χ1) is 10.0. The lowest BCUT2D eigenvalue weighted by Crippen LogP contribution is -2.62. The fourth-order valence-corrected chi connectivity index (χ4v) is 3.01. The van der Waals surface area contributed by atoms with Crippen molar-refractivity contribution in [3.05, 3.63) is 30.1 Å². The SMILES string of the molecule is O=C(Nc1ccc(F)cc1)N1CC(N2C(=O)CSC2=O)C1. The first-order valence-corrected chi connectivity index (χ1v) is 7.33. The topological polar surface area (TPSA) is 69.7 Å². The summed E-state index contributed by atoms with van der Waals surface area (Å²) in [6.45, 7) is 0.649. The van der Waals surface area contributed by atoms with Crippen LogP contribution in [0.3, 0.4) is 0 Å². The van der Waals surface area contributed by atoms with E-state index in [1.807, 2.05) is 0 Å². The normalized spacial score (nSPS) is 18.9. The van der Waals surface area contributed by atoms with Crippen LogP contribution >= 0.6 is 11.8 Å². The molecule has 2 aliphatic heterocycles. The largest absolute Gasteiger partial charge is 0.321 e. The fraction of sp³-hybridized carbons (Fsp3) is 0.308. The molecular formula is C13H12FN3O3S. The van der Waals surface area contributed by atoms with Gasteiger partial charge in [0.15, 0.2) is 0 Å². The molecule has 8 heteroatoms. The number of benzene rings is 1. The fourth-order valence-electron chi connectivity index (χ4n) is 2.24. The number of carbonyl (C=O) groups excluding carboxylic acids is 3. The number of hydrogen-bond donors (Lipinski definition) is 1. The summed E-state index contributed by atoms with van der Waals surface area (Å²) < 4.78 is 12.8. The second-order valence-corrected chi connectivity index (χ2v) is 5.74. The van der Waals surface area contributed by atoms with Gasteiger partial charge in [-0.05, 0) is 24.3 Å². The van der Waals surface area contributed by atoms with Gasteiger partial charge >= 0.3 is 6.03 Å². The summed E-state index contributed by atoms with van der Waals surface area (Å²) in [6, 6.07) is 4.88. The summed E-state index contributed by atoms with van der Waals surface area (Å²) in [5.74, 6) is -0.397. The van der Waals surface area contributed by atoms with Gasteiger partial charge in [-0.25, -0.2) is 9.18 Å². The first kappa shape index (κ1) is 13.9. The van der Waals surface area contributed by atoms with Crippen LogP contribution in [0.1, 0.15) is 0 Å². The van der Waals surface area contributed by atoms with Gasteiger partial charge < -0.3 is 10.2 Å². The monoisotopic (exact) mass is 309 g/mol. The van der Waals surface area contributed by atoms with Crippen molar-refractivity contribution in [2.45, 2.75) is 6.04 Å². The van der Waals surface area contributed by atoms with Crippen molar-refractivity contribution in [2.24, 2.45) is 0 Å². The van der Waals surface area contributed by atoms with Crippen LogP contribution in [-0.4, -0.2) is 51.9 Å². The van der Waals surface area contributed by atoms with Crippen LogP contribution in [0.25, 0.3) is 0 Å². The van der Waals surface area contributed by atoms with Crippen LogP contribution in [0.2, 0.25) is 0 Å². The highest BCUT2D eigenvalue weighted by Gasteiger charge is 2.43. The van der Waals surface area contributed by atoms with Crippen molar-refractivity contribution < 1.29 is 18.8 Å². The first-order valence-electron chi connectivity index (χ1n) is 6.35. The highest BCUT2D eigenvalue weighted by Crippen LogP contribution is 2.26. The van der Waals surface area contributed by atoms with Crippen LogP contribution in [0.5, 0.6) is 0 Å². The Balaban J connectivity index is 1.54. The van der Waals surface area contributed by atoms with Gasteiger partial charge in [0, 0.05) is 18.8 Å². The minimum absolute atomic E-state index is 0.178. The summed E-state index contributed by atoms with van der Waals surface area (Å²) in [5, 5.41) is 2.38. The van der Waals surface area contributed by atoms with Gasteiger partial charge in [-0.3, -0.25) is 14.5 Å². The van der Waals surface area contributed by atoms with Gasteiger partial charge in [0.2, 0.25) is 5.91 Å². The number of anilines is 1. The van der Waals surface area contributed by atoms with Crippen molar-refractivity contribution in [1.82, 2.24) is 9.80 Å². The molecule has 6 nitrogen and oxygen atoms in total. The smallest absolute Gasteiger partial charge is 0.320 e. The molecule has 2 fully saturated rings. The van der Waals surface area contributed by atoms with E-state index in [-0.39, 0.29) is 34.8 Å². The molecule has 0 atom stereocenters. The molecule has 0 spiro atoms. The third-order valence-electron chi connectivity index (χ3n) is 3.39. The number of carbonyl (C=O) groups is 3. The molecule has 0 saturated carbocycles. The molecule has 2 aliphatic rings. The molecule has 2 saturated heterocycles. The van der Waals surface area contributed by atoms with Crippen LogP contribution in [0, 0.1) is 5.82 Å². The van der Waals surface area contributed by atoms with Crippen molar-refractivity contribution in [3.63, 3.8) is 0 Å². The van der Waals surface area contributed by atoms with Crippen LogP contribution in [-0.2, 0) is 4.79 Å². The number of halogens is 1. The quantitative estimate of drug-likeness (QED) is 0.903. The Kier molecular flexibility index (Phi) is 3.54. The Morgan fingerprint density at radius 3 is 2.48 bits per heavy atom. The Bertz CT molecular complexity index is 585. The maximum absolute atomic E-state index is 12.8. The third kappa shape index (κ3) is 2.71. The lowest BCUT2D eigenvalue weighted by atomic mass is 10.1. The predicted molar refractivity (Wildman–Crippen MR) is 75.5 cm³/mol. The maximum atomic E-state index is 12.8. The highest BCUT2D eigenvalue weighted by molar-refractivity contribution is 8.14. The predicted octanol–water partition coefficient (Wildman–Crippen LogP) is 1.74. The number of likely N-dealkylation sites (tertiary alicyclic amines) is 1. The molecule has 21 heavy (non-hydrogen) atoms. The average Bonchev–Trinajstić information content (AvgIpc) is 2.72. The van der Waals surface area contributed by atoms with Crippen LogP contribution < -0.4 is 5.32 Å². The van der Waals surface area contributed by atoms with Crippen molar-refractivity contribution >= 4 is 34.6 Å². The maximum Gasteiger partial charge on any atom is 0.321 e. The molecule has 0 bridgehead atoms. The van der Waals surface area contributed by atoms with Crippen molar-refractivity contribution in [1.29, 1.82) is 0 Å². The summed E-state index contributed by atoms with van der Waals surface area (Å²) in [4.78, 5) is 37.7. The molecule has 0 aliphatic carbocycles. The number of amides is 4. The summed E-state index contributed by atoms with van der Waals surface area (Å²) in [5.41, 5.74) is 0.494. The molecule has 1 aromatic carbocycles. The number of thioether (sulfide) groups is 1. The van der Waals surface area contributed by atoms with Gasteiger partial charge in [0.05, 0.1) is 11.8 Å². The molecule has 0 aromatic heterocycles. The lowest BCUT2D eigenvalue weighted by Gasteiger charge is -2.42. The number of imide groups is 1. The minimum Gasteiger partial charge on any atom is -0.320 e. The third-order valence-corrected chi connectivity index (χ3v) is 4.23. The minimum atomic E-state index is -0.374. The molecule has 2 heterocycles. The van der Waals surface area contributed by atoms with Gasteiger partial charge in [0.1, 0.15) is 5.82 Å². The van der Waals surface area contributed by atoms with E-state index in [0.29, 0.717) is 18.8 Å². The number of hydrogen-bond acceptors (Lipinski definition) is 4. The van der Waals surface area contributed by atoms with E-state index < -0.39 is 0 Å². The van der Waals surface area contributed by atoms with E-state index in [1.54, 1.807) is 0 Å². The zero-order valence-corrected chi connectivity index (χ0v) is 11.7. The highest BCUT2D eigenvalue weighted by atomic mass is 32.2. The molecule has 4 amide bonds. The van der Waals surface area contributed by atoms with Crippen LogP contribution in [0.4, 0.5) is 19.7 Å². The molecular weight excluding hydrogens is 297 g/mol. The lowest BCUT2D eigenvalue weighted by molar-refractivity contribution is -0.128. The summed E-state index contributed by atoms with van der Waals surface area (Å²) in [7, 11) is 0. The van der Waals surface area contributed by atoms with Gasteiger partial charge in [0.25, 0.3) is 5.24 Å². The Morgan fingerprint density at radius 1 is 1.24 bits per heavy atom. The van der Waals surface area contributed by atoms with Gasteiger partial charge in [-0.1, -0.05) is 11.8 Å². The van der Waals surface area contributed by atoms with Crippen molar-refractivity contribution in [3.8, 4) is 0 Å². The Morgan fingerprint density at radius 2 is 1.90 bits per heavy atom. The zero-order valence-electron chi connectivity index (χ0n) is 10.9. The van der Waals surface area contributed by atoms with Crippen molar-refractivity contribution in [2.75, 3.05) is 24.2 Å². The van der Waals surface area contributed by atoms with Gasteiger partial charge in [-0.15, -0.1) is 0 Å².